The third-order valence-corrected chi connectivity index (χ3v) is 3.34. The first-order valence-corrected chi connectivity index (χ1v) is 6.51. The molecular formula is C13H15N3OS. The molecule has 0 bridgehead atoms. The van der Waals surface area contributed by atoms with Crippen molar-refractivity contribution in [2.45, 2.75) is 17.8 Å². The third-order valence-electron chi connectivity index (χ3n) is 2.42. The predicted octanol–water partition coefficient (Wildman–Crippen LogP) is 2.67. The van der Waals surface area contributed by atoms with Crippen LogP contribution in [0.1, 0.15) is 11.1 Å². The standard InChI is InChI=1S/C13H15N3OS/c1-9-6-15-13(16-7-9)18-8-10-5-11(14)3-4-12(10)17-2/h3-7H,8,14H2,1-2H3. The summed E-state index contributed by atoms with van der Waals surface area (Å²) in [4.78, 5) is 8.50. The highest BCUT2D eigenvalue weighted by Crippen LogP contribution is 2.27. The second kappa shape index (κ2) is 5.73. The highest BCUT2D eigenvalue weighted by molar-refractivity contribution is 7.98. The molecule has 4 nitrogen and oxygen atoms in total. The molecule has 0 aliphatic heterocycles. The summed E-state index contributed by atoms with van der Waals surface area (Å²) in [5.74, 6) is 1.57. The van der Waals surface area contributed by atoms with Crippen molar-refractivity contribution < 1.29 is 4.74 Å². The Labute approximate surface area is 111 Å². The summed E-state index contributed by atoms with van der Waals surface area (Å²) in [5, 5.41) is 0.755. The van der Waals surface area contributed by atoms with Gasteiger partial charge in [-0.3, -0.25) is 0 Å². The summed E-state index contributed by atoms with van der Waals surface area (Å²) in [5.41, 5.74) is 8.61. The van der Waals surface area contributed by atoms with Gasteiger partial charge in [-0.05, 0) is 30.7 Å². The van der Waals surface area contributed by atoms with Crippen LogP contribution in [-0.2, 0) is 5.75 Å². The number of hydrogen-bond acceptors (Lipinski definition) is 5. The van der Waals surface area contributed by atoms with Gasteiger partial charge in [0.25, 0.3) is 0 Å². The number of methoxy groups -OCH3 is 1. The summed E-state index contributed by atoms with van der Waals surface area (Å²) < 4.78 is 5.30. The topological polar surface area (TPSA) is 61.0 Å². The van der Waals surface area contributed by atoms with E-state index in [-0.39, 0.29) is 0 Å². The van der Waals surface area contributed by atoms with Crippen LogP contribution in [0, 0.1) is 6.92 Å². The number of nitrogen functional groups attached to an aromatic ring is 1. The van der Waals surface area contributed by atoms with E-state index in [1.165, 1.54) is 0 Å². The van der Waals surface area contributed by atoms with E-state index < -0.39 is 0 Å². The minimum absolute atomic E-state index is 0.733. The van der Waals surface area contributed by atoms with Gasteiger partial charge in [0.15, 0.2) is 5.16 Å². The van der Waals surface area contributed by atoms with Crippen molar-refractivity contribution in [1.29, 1.82) is 0 Å². The van der Waals surface area contributed by atoms with Crippen molar-refractivity contribution in [2.24, 2.45) is 0 Å². The zero-order chi connectivity index (χ0) is 13.0. The van der Waals surface area contributed by atoms with Crippen molar-refractivity contribution >= 4 is 17.4 Å². The molecule has 0 radical (unpaired) electrons. The van der Waals surface area contributed by atoms with Gasteiger partial charge in [-0.15, -0.1) is 0 Å². The molecule has 0 saturated heterocycles. The van der Waals surface area contributed by atoms with E-state index in [2.05, 4.69) is 9.97 Å². The van der Waals surface area contributed by atoms with Crippen LogP contribution in [0.2, 0.25) is 0 Å². The van der Waals surface area contributed by atoms with Crippen LogP contribution in [0.3, 0.4) is 0 Å². The Morgan fingerprint density at radius 2 is 2.00 bits per heavy atom. The molecule has 2 N–H and O–H groups in total. The Hall–Kier alpha value is -1.75. The van der Waals surface area contributed by atoms with E-state index in [0.29, 0.717) is 0 Å². The smallest absolute Gasteiger partial charge is 0.187 e. The Bertz CT molecular complexity index is 528. The first kappa shape index (κ1) is 12.7. The van der Waals surface area contributed by atoms with Crippen LogP contribution >= 0.6 is 11.8 Å². The number of ether oxygens (including phenoxy) is 1. The van der Waals surface area contributed by atoms with Crippen LogP contribution in [0.15, 0.2) is 35.7 Å². The van der Waals surface area contributed by atoms with E-state index in [1.807, 2.05) is 37.5 Å². The fraction of sp³-hybridized carbons (Fsp3) is 0.231. The van der Waals surface area contributed by atoms with Crippen LogP contribution < -0.4 is 10.5 Å². The molecular weight excluding hydrogens is 246 g/mol. The maximum absolute atomic E-state index is 5.77. The maximum Gasteiger partial charge on any atom is 0.187 e. The molecule has 1 heterocycles. The van der Waals surface area contributed by atoms with Crippen molar-refractivity contribution in [2.75, 3.05) is 12.8 Å². The molecule has 5 heteroatoms. The maximum atomic E-state index is 5.77. The SMILES string of the molecule is COc1ccc(N)cc1CSc1ncc(C)cn1. The third kappa shape index (κ3) is 3.13. The normalized spacial score (nSPS) is 10.3. The van der Waals surface area contributed by atoms with Crippen molar-refractivity contribution in [3.63, 3.8) is 0 Å². The molecule has 0 aliphatic carbocycles. The van der Waals surface area contributed by atoms with Gasteiger partial charge in [0, 0.05) is 29.4 Å². The van der Waals surface area contributed by atoms with Crippen LogP contribution in [0.25, 0.3) is 0 Å². The average Bonchev–Trinajstić information content (AvgIpc) is 2.38. The summed E-state index contributed by atoms with van der Waals surface area (Å²) in [6, 6.07) is 5.62. The van der Waals surface area contributed by atoms with E-state index in [4.69, 9.17) is 10.5 Å². The van der Waals surface area contributed by atoms with E-state index in [9.17, 15) is 0 Å². The number of aryl methyl sites for hydroxylation is 1. The lowest BCUT2D eigenvalue weighted by molar-refractivity contribution is 0.411. The van der Waals surface area contributed by atoms with Gasteiger partial charge in [0.05, 0.1) is 7.11 Å². The molecule has 0 unspecified atom stereocenters. The van der Waals surface area contributed by atoms with Gasteiger partial charge in [0.2, 0.25) is 0 Å². The molecule has 0 aliphatic rings. The molecule has 2 rings (SSSR count). The average molecular weight is 261 g/mol. The van der Waals surface area contributed by atoms with Crippen LogP contribution in [0.5, 0.6) is 5.75 Å². The summed E-state index contributed by atoms with van der Waals surface area (Å²) >= 11 is 1.56. The second-order valence-corrected chi connectivity index (χ2v) is 4.85. The van der Waals surface area contributed by atoms with Crippen LogP contribution in [-0.4, -0.2) is 17.1 Å². The lowest BCUT2D eigenvalue weighted by atomic mass is 10.2. The minimum Gasteiger partial charge on any atom is -0.496 e. The summed E-state index contributed by atoms with van der Waals surface area (Å²) in [6.07, 6.45) is 3.62. The number of nitrogens with two attached hydrogens (primary N) is 1. The van der Waals surface area contributed by atoms with Gasteiger partial charge >= 0.3 is 0 Å². The lowest BCUT2D eigenvalue weighted by Crippen LogP contribution is -1.94. The number of anilines is 1. The molecule has 0 spiro atoms. The second-order valence-electron chi connectivity index (χ2n) is 3.90. The fourth-order valence-corrected chi connectivity index (χ4v) is 2.27. The van der Waals surface area contributed by atoms with Gasteiger partial charge in [-0.25, -0.2) is 9.97 Å². The number of rotatable bonds is 4. The highest BCUT2D eigenvalue weighted by Gasteiger charge is 2.05. The Balaban J connectivity index is 2.09. The van der Waals surface area contributed by atoms with Crippen molar-refractivity contribution in [3.05, 3.63) is 41.7 Å². The molecule has 0 fully saturated rings. The highest BCUT2D eigenvalue weighted by atomic mass is 32.2. The molecule has 1 aromatic carbocycles. The quantitative estimate of drug-likeness (QED) is 0.521. The number of hydrogen-bond donors (Lipinski definition) is 1. The molecule has 1 aromatic heterocycles. The van der Waals surface area contributed by atoms with E-state index in [1.54, 1.807) is 18.9 Å². The Kier molecular flexibility index (Phi) is 4.04. The zero-order valence-electron chi connectivity index (χ0n) is 10.4. The number of aromatic nitrogens is 2. The van der Waals surface area contributed by atoms with Crippen LogP contribution in [0.4, 0.5) is 5.69 Å². The van der Waals surface area contributed by atoms with Gasteiger partial charge < -0.3 is 10.5 Å². The molecule has 0 saturated carbocycles. The lowest BCUT2D eigenvalue weighted by Gasteiger charge is -2.08. The molecule has 2 aromatic rings. The van der Waals surface area contributed by atoms with Gasteiger partial charge in [-0.1, -0.05) is 11.8 Å². The molecule has 0 atom stereocenters. The van der Waals surface area contributed by atoms with E-state index in [0.717, 1.165) is 33.5 Å². The number of benzene rings is 1. The number of nitrogens with zero attached hydrogens (tertiary/aromatic N) is 2. The predicted molar refractivity (Wildman–Crippen MR) is 73.7 cm³/mol. The van der Waals surface area contributed by atoms with Crippen molar-refractivity contribution in [1.82, 2.24) is 9.97 Å². The summed E-state index contributed by atoms with van der Waals surface area (Å²) in [7, 11) is 1.65. The first-order chi connectivity index (χ1) is 8.69. The molecule has 94 valence electrons. The zero-order valence-corrected chi connectivity index (χ0v) is 11.2. The Morgan fingerprint density at radius 3 is 2.67 bits per heavy atom. The van der Waals surface area contributed by atoms with Gasteiger partial charge in [-0.2, -0.15) is 0 Å². The van der Waals surface area contributed by atoms with Crippen molar-refractivity contribution in [3.8, 4) is 5.75 Å². The molecule has 0 amide bonds. The molecule has 18 heavy (non-hydrogen) atoms. The number of thioether (sulfide) groups is 1. The monoisotopic (exact) mass is 261 g/mol. The van der Waals surface area contributed by atoms with Gasteiger partial charge in [0.1, 0.15) is 5.75 Å². The Morgan fingerprint density at radius 1 is 1.28 bits per heavy atom. The minimum atomic E-state index is 0.733. The summed E-state index contributed by atoms with van der Waals surface area (Å²) in [6.45, 7) is 1.97. The fourth-order valence-electron chi connectivity index (χ4n) is 1.51. The first-order valence-electron chi connectivity index (χ1n) is 5.53. The largest absolute Gasteiger partial charge is 0.496 e. The van der Waals surface area contributed by atoms with E-state index >= 15 is 0 Å².